The fourth-order valence-corrected chi connectivity index (χ4v) is 2.84. The van der Waals surface area contributed by atoms with Gasteiger partial charge in [0.15, 0.2) is 17.3 Å². The second-order valence-corrected chi connectivity index (χ2v) is 6.32. The zero-order chi connectivity index (χ0) is 19.6. The van der Waals surface area contributed by atoms with Crippen molar-refractivity contribution in [2.45, 2.75) is 38.1 Å². The number of esters is 1. The molecule has 2 aliphatic heterocycles. The van der Waals surface area contributed by atoms with E-state index in [2.05, 4.69) is 0 Å². The lowest BCUT2D eigenvalue weighted by atomic mass is 10.0. The van der Waals surface area contributed by atoms with Crippen LogP contribution in [-0.4, -0.2) is 52.2 Å². The first-order chi connectivity index (χ1) is 12.9. The third kappa shape index (κ3) is 3.96. The van der Waals surface area contributed by atoms with Gasteiger partial charge in [0.2, 0.25) is 6.79 Å². The molecule has 144 valence electrons. The summed E-state index contributed by atoms with van der Waals surface area (Å²) in [4.78, 5) is 24.5. The monoisotopic (exact) mass is 376 g/mol. The van der Waals surface area contributed by atoms with Crippen LogP contribution in [-0.2, 0) is 9.53 Å². The van der Waals surface area contributed by atoms with Crippen LogP contribution >= 0.6 is 0 Å². The topological polar surface area (TPSA) is 123 Å². The first-order valence-electron chi connectivity index (χ1n) is 8.48. The number of benzene rings is 1. The summed E-state index contributed by atoms with van der Waals surface area (Å²) in [7, 11) is 0. The fourth-order valence-electron chi connectivity index (χ4n) is 2.84. The number of carbonyl (C=O) groups excluding carboxylic acids is 2. The minimum Gasteiger partial charge on any atom is -0.507 e. The molecule has 0 bridgehead atoms. The lowest BCUT2D eigenvalue weighted by Crippen LogP contribution is -2.32. The van der Waals surface area contributed by atoms with Gasteiger partial charge in [0.05, 0.1) is 6.10 Å². The number of aliphatic hydroxyl groups excluding tert-OH is 2. The van der Waals surface area contributed by atoms with E-state index in [0.29, 0.717) is 0 Å². The van der Waals surface area contributed by atoms with Gasteiger partial charge in [-0.1, -0.05) is 18.2 Å². The van der Waals surface area contributed by atoms with Crippen LogP contribution in [0.3, 0.4) is 0 Å². The fraction of sp³-hybridized carbons (Fsp3) is 0.368. The van der Waals surface area contributed by atoms with Crippen molar-refractivity contribution in [3.8, 4) is 17.2 Å². The van der Waals surface area contributed by atoms with Crippen molar-refractivity contribution in [1.82, 2.24) is 0 Å². The molecule has 0 saturated carbocycles. The van der Waals surface area contributed by atoms with Gasteiger partial charge in [-0.2, -0.15) is 0 Å². The predicted octanol–water partition coefficient (Wildman–Crippen LogP) is 1.32. The third-order valence-corrected chi connectivity index (χ3v) is 4.26. The number of aromatic hydroxyl groups is 1. The normalized spacial score (nSPS) is 28.0. The molecule has 1 unspecified atom stereocenters. The molecule has 0 radical (unpaired) electrons. The largest absolute Gasteiger partial charge is 0.507 e. The van der Waals surface area contributed by atoms with Gasteiger partial charge in [-0.05, 0) is 19.4 Å². The highest BCUT2D eigenvalue weighted by Gasteiger charge is 2.29. The summed E-state index contributed by atoms with van der Waals surface area (Å²) in [6.07, 6.45) is 2.21. The summed E-state index contributed by atoms with van der Waals surface area (Å²) in [5, 5.41) is 30.2. The van der Waals surface area contributed by atoms with Crippen molar-refractivity contribution in [3.63, 3.8) is 0 Å². The minimum absolute atomic E-state index is 0.0586. The van der Waals surface area contributed by atoms with Crippen LogP contribution in [0.25, 0.3) is 6.08 Å². The summed E-state index contributed by atoms with van der Waals surface area (Å²) in [6.45, 7) is 1.56. The Morgan fingerprint density at radius 1 is 1.07 bits per heavy atom. The molecule has 3 atom stereocenters. The Morgan fingerprint density at radius 2 is 1.81 bits per heavy atom. The molecule has 0 amide bonds. The maximum absolute atomic E-state index is 12.6. The molecule has 0 aromatic heterocycles. The molecule has 0 fully saturated rings. The number of hydrogen-bond acceptors (Lipinski definition) is 8. The van der Waals surface area contributed by atoms with E-state index in [1.54, 1.807) is 6.92 Å². The highest BCUT2D eigenvalue weighted by Crippen LogP contribution is 2.43. The van der Waals surface area contributed by atoms with Gasteiger partial charge < -0.3 is 29.5 Å². The van der Waals surface area contributed by atoms with Crippen molar-refractivity contribution in [2.24, 2.45) is 0 Å². The molecule has 27 heavy (non-hydrogen) atoms. The number of ketones is 1. The summed E-state index contributed by atoms with van der Waals surface area (Å²) >= 11 is 0. The van der Waals surface area contributed by atoms with Crippen LogP contribution in [0.2, 0.25) is 0 Å². The summed E-state index contributed by atoms with van der Waals surface area (Å²) in [6, 6.07) is 1.28. The number of rotatable bonds is 0. The zero-order valence-corrected chi connectivity index (χ0v) is 14.6. The van der Waals surface area contributed by atoms with E-state index in [1.165, 1.54) is 24.3 Å². The molecular weight excluding hydrogens is 356 g/mol. The van der Waals surface area contributed by atoms with Gasteiger partial charge in [0.25, 0.3) is 0 Å². The SMILES string of the molecule is C[C@H]1C/C=C\C(=O)C(O)[C@@H](O)C/C=C/c2c3c(cc(O)c2C(=O)O1)OCO3. The average molecular weight is 376 g/mol. The number of phenolic OH excluding ortho intramolecular Hbond substituents is 1. The second kappa shape index (κ2) is 7.81. The van der Waals surface area contributed by atoms with Gasteiger partial charge in [-0.25, -0.2) is 4.79 Å². The van der Waals surface area contributed by atoms with Crippen LogP contribution in [0.5, 0.6) is 17.2 Å². The van der Waals surface area contributed by atoms with E-state index in [0.717, 1.165) is 6.08 Å². The first kappa shape index (κ1) is 18.9. The molecule has 8 nitrogen and oxygen atoms in total. The van der Waals surface area contributed by atoms with E-state index in [1.807, 2.05) is 0 Å². The molecule has 0 spiro atoms. The number of fused-ring (bicyclic) bond motifs is 3. The summed E-state index contributed by atoms with van der Waals surface area (Å²) < 4.78 is 16.0. The van der Waals surface area contributed by atoms with E-state index in [4.69, 9.17) is 14.2 Å². The van der Waals surface area contributed by atoms with Gasteiger partial charge in [0, 0.05) is 18.1 Å². The molecule has 2 heterocycles. The van der Waals surface area contributed by atoms with Gasteiger partial charge in [0.1, 0.15) is 23.5 Å². The number of phenols is 1. The summed E-state index contributed by atoms with van der Waals surface area (Å²) in [5.74, 6) is -1.18. The Morgan fingerprint density at radius 3 is 2.59 bits per heavy atom. The number of aliphatic hydroxyl groups is 2. The molecule has 3 rings (SSSR count). The molecule has 8 heteroatoms. The molecular formula is C19H20O8. The Kier molecular flexibility index (Phi) is 5.48. The minimum atomic E-state index is -1.57. The van der Waals surface area contributed by atoms with Gasteiger partial charge >= 0.3 is 5.97 Å². The van der Waals surface area contributed by atoms with Gasteiger partial charge in [-0.15, -0.1) is 0 Å². The molecule has 0 aliphatic carbocycles. The molecule has 1 aromatic carbocycles. The number of cyclic esters (lactones) is 1. The molecule has 3 N–H and O–H groups in total. The molecule has 1 aromatic rings. The molecule has 2 aliphatic rings. The third-order valence-electron chi connectivity index (χ3n) is 4.26. The van der Waals surface area contributed by atoms with E-state index < -0.39 is 30.1 Å². The Labute approximate surface area is 155 Å². The van der Waals surface area contributed by atoms with Crippen LogP contribution in [0.4, 0.5) is 0 Å². The van der Waals surface area contributed by atoms with Crippen molar-refractivity contribution in [2.75, 3.05) is 6.79 Å². The van der Waals surface area contributed by atoms with Crippen molar-refractivity contribution in [3.05, 3.63) is 35.4 Å². The maximum atomic E-state index is 12.6. The van der Waals surface area contributed by atoms with Crippen molar-refractivity contribution in [1.29, 1.82) is 0 Å². The van der Waals surface area contributed by atoms with E-state index in [9.17, 15) is 24.9 Å². The van der Waals surface area contributed by atoms with Crippen molar-refractivity contribution < 1.29 is 39.1 Å². The lowest BCUT2D eigenvalue weighted by molar-refractivity contribution is -0.127. The number of ether oxygens (including phenoxy) is 3. The van der Waals surface area contributed by atoms with Crippen LogP contribution < -0.4 is 9.47 Å². The molecule has 0 saturated heterocycles. The van der Waals surface area contributed by atoms with Gasteiger partial charge in [-0.3, -0.25) is 4.79 Å². The predicted molar refractivity (Wildman–Crippen MR) is 93.5 cm³/mol. The van der Waals surface area contributed by atoms with E-state index in [-0.39, 0.29) is 48.0 Å². The number of hydrogen-bond donors (Lipinski definition) is 3. The quantitative estimate of drug-likeness (QED) is 0.580. The van der Waals surface area contributed by atoms with Crippen LogP contribution in [0.1, 0.15) is 35.7 Å². The highest BCUT2D eigenvalue weighted by atomic mass is 16.7. The highest BCUT2D eigenvalue weighted by molar-refractivity contribution is 5.99. The number of carbonyl (C=O) groups is 2. The van der Waals surface area contributed by atoms with E-state index >= 15 is 0 Å². The second-order valence-electron chi connectivity index (χ2n) is 6.32. The Balaban J connectivity index is 2.04. The average Bonchev–Trinajstić information content (AvgIpc) is 3.07. The maximum Gasteiger partial charge on any atom is 0.342 e. The standard InChI is InChI=1S/C19H20O8/c1-10-4-2-6-12(20)17(23)13(21)7-3-5-11-16(19(24)27-10)14(22)8-15-18(11)26-9-25-15/h2-3,5-6,8,10,13,17,21-23H,4,7,9H2,1H3/b5-3+,6-2-/t10-,13-,17?/m0/s1. The summed E-state index contributed by atoms with van der Waals surface area (Å²) in [5.41, 5.74) is 0.148. The Hall–Kier alpha value is -2.84. The first-order valence-corrected chi connectivity index (χ1v) is 8.48. The zero-order valence-electron chi connectivity index (χ0n) is 14.6. The Bertz CT molecular complexity index is 810. The van der Waals surface area contributed by atoms with Crippen molar-refractivity contribution >= 4 is 17.8 Å². The lowest BCUT2D eigenvalue weighted by Gasteiger charge is -2.17. The van der Waals surface area contributed by atoms with Crippen LogP contribution in [0.15, 0.2) is 24.3 Å². The smallest absolute Gasteiger partial charge is 0.342 e. The van der Waals surface area contributed by atoms with Crippen LogP contribution in [0, 0.1) is 0 Å².